The van der Waals surface area contributed by atoms with E-state index in [9.17, 15) is 0 Å². The standard InChI is InChI=1S/C13H21N5/c1-5-12-6-13(17(4)16-12)9-18-8-11(7-15-18)10(2)14-3/h6-8,10,14H,5,9H2,1-4H3. The second kappa shape index (κ2) is 5.35. The van der Waals surface area contributed by atoms with Crippen molar-refractivity contribution in [3.63, 3.8) is 0 Å². The minimum absolute atomic E-state index is 0.330. The van der Waals surface area contributed by atoms with Gasteiger partial charge in [0.1, 0.15) is 0 Å². The van der Waals surface area contributed by atoms with E-state index in [4.69, 9.17) is 0 Å². The number of aromatic nitrogens is 4. The zero-order chi connectivity index (χ0) is 13.1. The Hall–Kier alpha value is -1.62. The van der Waals surface area contributed by atoms with Gasteiger partial charge in [-0.05, 0) is 26.5 Å². The minimum atomic E-state index is 0.330. The van der Waals surface area contributed by atoms with Gasteiger partial charge in [-0.1, -0.05) is 6.92 Å². The summed E-state index contributed by atoms with van der Waals surface area (Å²) in [6.07, 6.45) is 4.97. The van der Waals surface area contributed by atoms with E-state index >= 15 is 0 Å². The molecule has 0 aliphatic carbocycles. The highest BCUT2D eigenvalue weighted by molar-refractivity contribution is 5.13. The van der Waals surface area contributed by atoms with Gasteiger partial charge in [0.05, 0.1) is 24.1 Å². The van der Waals surface area contributed by atoms with Gasteiger partial charge in [-0.25, -0.2) is 0 Å². The lowest BCUT2D eigenvalue weighted by molar-refractivity contribution is 0.613. The molecule has 0 aliphatic heterocycles. The van der Waals surface area contributed by atoms with Crippen LogP contribution in [0.3, 0.4) is 0 Å². The van der Waals surface area contributed by atoms with E-state index in [0.717, 1.165) is 18.7 Å². The van der Waals surface area contributed by atoms with Gasteiger partial charge >= 0.3 is 0 Å². The molecule has 2 aromatic heterocycles. The molecular formula is C13H21N5. The number of nitrogens with one attached hydrogen (secondary N) is 1. The fourth-order valence-electron chi connectivity index (χ4n) is 1.91. The van der Waals surface area contributed by atoms with E-state index in [0.29, 0.717) is 6.04 Å². The Morgan fingerprint density at radius 1 is 1.44 bits per heavy atom. The van der Waals surface area contributed by atoms with Gasteiger partial charge in [-0.2, -0.15) is 10.2 Å². The van der Waals surface area contributed by atoms with Crippen LogP contribution < -0.4 is 5.32 Å². The van der Waals surface area contributed by atoms with Gasteiger partial charge in [0.25, 0.3) is 0 Å². The van der Waals surface area contributed by atoms with E-state index in [-0.39, 0.29) is 0 Å². The first kappa shape index (κ1) is 12.8. The van der Waals surface area contributed by atoms with Gasteiger partial charge in [0.15, 0.2) is 0 Å². The zero-order valence-corrected chi connectivity index (χ0v) is 11.5. The summed E-state index contributed by atoms with van der Waals surface area (Å²) in [7, 11) is 3.94. The molecule has 0 aromatic carbocycles. The Morgan fingerprint density at radius 3 is 2.83 bits per heavy atom. The van der Waals surface area contributed by atoms with Crippen molar-refractivity contribution in [2.75, 3.05) is 7.05 Å². The molecule has 1 atom stereocenters. The minimum Gasteiger partial charge on any atom is -0.313 e. The lowest BCUT2D eigenvalue weighted by Crippen LogP contribution is -2.11. The Morgan fingerprint density at radius 2 is 2.22 bits per heavy atom. The molecule has 2 rings (SSSR count). The molecular weight excluding hydrogens is 226 g/mol. The van der Waals surface area contributed by atoms with Crippen molar-refractivity contribution in [1.82, 2.24) is 24.9 Å². The molecule has 0 saturated carbocycles. The Kier molecular flexibility index (Phi) is 3.81. The number of nitrogens with zero attached hydrogens (tertiary/aromatic N) is 4. The highest BCUT2D eigenvalue weighted by Crippen LogP contribution is 2.11. The molecule has 5 nitrogen and oxygen atoms in total. The molecule has 98 valence electrons. The van der Waals surface area contributed by atoms with Crippen LogP contribution in [-0.4, -0.2) is 26.6 Å². The second-order valence-corrected chi connectivity index (χ2v) is 4.59. The lowest BCUT2D eigenvalue weighted by Gasteiger charge is -2.06. The van der Waals surface area contributed by atoms with Crippen LogP contribution in [0.25, 0.3) is 0 Å². The molecule has 0 radical (unpaired) electrons. The van der Waals surface area contributed by atoms with E-state index < -0.39 is 0 Å². The van der Waals surface area contributed by atoms with Crippen molar-refractivity contribution in [3.05, 3.63) is 35.4 Å². The van der Waals surface area contributed by atoms with Crippen LogP contribution in [0.4, 0.5) is 0 Å². The topological polar surface area (TPSA) is 47.7 Å². The van der Waals surface area contributed by atoms with Crippen LogP contribution in [0.15, 0.2) is 18.5 Å². The maximum absolute atomic E-state index is 4.45. The summed E-state index contributed by atoms with van der Waals surface area (Å²) in [6, 6.07) is 2.47. The number of hydrogen-bond acceptors (Lipinski definition) is 3. The predicted octanol–water partition coefficient (Wildman–Crippen LogP) is 1.51. The summed E-state index contributed by atoms with van der Waals surface area (Å²) < 4.78 is 3.89. The monoisotopic (exact) mass is 247 g/mol. The summed E-state index contributed by atoms with van der Waals surface area (Å²) in [5, 5.41) is 12.1. The third kappa shape index (κ3) is 2.61. The van der Waals surface area contributed by atoms with Crippen molar-refractivity contribution >= 4 is 0 Å². The third-order valence-corrected chi connectivity index (χ3v) is 3.30. The molecule has 0 amide bonds. The van der Waals surface area contributed by atoms with Crippen molar-refractivity contribution < 1.29 is 0 Å². The van der Waals surface area contributed by atoms with Gasteiger partial charge in [-0.3, -0.25) is 9.36 Å². The SMILES string of the molecule is CCc1cc(Cn2cc(C(C)NC)cn2)n(C)n1. The smallest absolute Gasteiger partial charge is 0.0828 e. The van der Waals surface area contributed by atoms with E-state index in [2.05, 4.69) is 41.6 Å². The third-order valence-electron chi connectivity index (χ3n) is 3.30. The first-order valence-electron chi connectivity index (χ1n) is 6.35. The molecule has 0 spiro atoms. The maximum Gasteiger partial charge on any atom is 0.0828 e. The van der Waals surface area contributed by atoms with Crippen molar-refractivity contribution in [2.24, 2.45) is 7.05 Å². The Bertz CT molecular complexity index is 511. The zero-order valence-electron chi connectivity index (χ0n) is 11.5. The molecule has 0 saturated heterocycles. The van der Waals surface area contributed by atoms with Gasteiger partial charge in [-0.15, -0.1) is 0 Å². The van der Waals surface area contributed by atoms with Crippen molar-refractivity contribution in [3.8, 4) is 0 Å². The van der Waals surface area contributed by atoms with Crippen LogP contribution in [0.1, 0.15) is 36.8 Å². The first-order valence-corrected chi connectivity index (χ1v) is 6.35. The molecule has 0 aliphatic rings. The highest BCUT2D eigenvalue weighted by Gasteiger charge is 2.08. The van der Waals surface area contributed by atoms with Crippen LogP contribution in [-0.2, 0) is 20.0 Å². The number of hydrogen-bond donors (Lipinski definition) is 1. The van der Waals surface area contributed by atoms with Gasteiger partial charge in [0, 0.05) is 24.8 Å². The summed E-state index contributed by atoms with van der Waals surface area (Å²) >= 11 is 0. The average Bonchev–Trinajstić information content (AvgIpc) is 2.97. The number of aryl methyl sites for hydroxylation is 2. The van der Waals surface area contributed by atoms with Crippen molar-refractivity contribution in [1.29, 1.82) is 0 Å². The van der Waals surface area contributed by atoms with Crippen LogP contribution >= 0.6 is 0 Å². The highest BCUT2D eigenvalue weighted by atomic mass is 15.3. The van der Waals surface area contributed by atoms with Crippen molar-refractivity contribution in [2.45, 2.75) is 32.9 Å². The van der Waals surface area contributed by atoms with E-state index in [1.807, 2.05) is 29.7 Å². The largest absolute Gasteiger partial charge is 0.313 e. The summed E-state index contributed by atoms with van der Waals surface area (Å²) in [4.78, 5) is 0. The molecule has 0 fully saturated rings. The fraction of sp³-hybridized carbons (Fsp3) is 0.538. The Labute approximate surface area is 108 Å². The molecule has 2 heterocycles. The molecule has 0 bridgehead atoms. The lowest BCUT2D eigenvalue weighted by atomic mass is 10.2. The van der Waals surface area contributed by atoms with Gasteiger partial charge in [0.2, 0.25) is 0 Å². The second-order valence-electron chi connectivity index (χ2n) is 4.59. The van der Waals surface area contributed by atoms with Crippen LogP contribution in [0.2, 0.25) is 0 Å². The molecule has 2 aromatic rings. The molecule has 5 heteroatoms. The van der Waals surface area contributed by atoms with Crippen LogP contribution in [0.5, 0.6) is 0 Å². The van der Waals surface area contributed by atoms with E-state index in [1.165, 1.54) is 11.3 Å². The number of rotatable bonds is 5. The predicted molar refractivity (Wildman–Crippen MR) is 71.4 cm³/mol. The summed E-state index contributed by atoms with van der Waals surface area (Å²) in [5.74, 6) is 0. The summed E-state index contributed by atoms with van der Waals surface area (Å²) in [6.45, 7) is 5.01. The Balaban J connectivity index is 2.13. The fourth-order valence-corrected chi connectivity index (χ4v) is 1.91. The normalized spacial score (nSPS) is 12.9. The molecule has 18 heavy (non-hydrogen) atoms. The maximum atomic E-state index is 4.45. The first-order chi connectivity index (χ1) is 8.63. The van der Waals surface area contributed by atoms with Gasteiger partial charge < -0.3 is 5.32 Å². The van der Waals surface area contributed by atoms with Crippen LogP contribution in [0, 0.1) is 0 Å². The summed E-state index contributed by atoms with van der Waals surface area (Å²) in [5.41, 5.74) is 3.51. The molecule has 1 N–H and O–H groups in total. The quantitative estimate of drug-likeness (QED) is 0.871. The van der Waals surface area contributed by atoms with E-state index in [1.54, 1.807) is 0 Å². The molecule has 1 unspecified atom stereocenters. The average molecular weight is 247 g/mol.